The van der Waals surface area contributed by atoms with E-state index >= 15 is 0 Å². The van der Waals surface area contributed by atoms with E-state index < -0.39 is 0 Å². The molecule has 0 saturated carbocycles. The number of carbonyl (C=O) groups excluding carboxylic acids is 1. The van der Waals surface area contributed by atoms with Crippen LogP contribution >= 0.6 is 0 Å². The maximum Gasteiger partial charge on any atom is 0.228 e. The molecule has 0 spiro atoms. The van der Waals surface area contributed by atoms with Crippen LogP contribution in [0.25, 0.3) is 10.9 Å². The fraction of sp³-hybridized carbons (Fsp3) is 0.267. The minimum absolute atomic E-state index is 0.0481. The summed E-state index contributed by atoms with van der Waals surface area (Å²) in [6.45, 7) is 3.89. The Kier molecular flexibility index (Phi) is 3.21. The molecule has 6 heteroatoms. The summed E-state index contributed by atoms with van der Waals surface area (Å²) in [5, 5.41) is 15.1. The number of anilines is 1. The van der Waals surface area contributed by atoms with Crippen molar-refractivity contribution in [3.63, 3.8) is 0 Å². The normalized spacial score (nSPS) is 11.0. The number of H-pyrrole nitrogens is 1. The van der Waals surface area contributed by atoms with E-state index in [1.54, 1.807) is 10.9 Å². The van der Waals surface area contributed by atoms with Crippen LogP contribution in [0.15, 0.2) is 24.4 Å². The molecule has 1 aromatic carbocycles. The third-order valence-electron chi connectivity index (χ3n) is 3.72. The van der Waals surface area contributed by atoms with Gasteiger partial charge in [-0.1, -0.05) is 0 Å². The molecule has 108 valence electrons. The second-order valence-corrected chi connectivity index (χ2v) is 5.17. The lowest BCUT2D eigenvalue weighted by Gasteiger charge is -2.06. The van der Waals surface area contributed by atoms with Gasteiger partial charge in [-0.3, -0.25) is 14.6 Å². The van der Waals surface area contributed by atoms with E-state index in [0.29, 0.717) is 6.42 Å². The fourth-order valence-electron chi connectivity index (χ4n) is 2.45. The summed E-state index contributed by atoms with van der Waals surface area (Å²) in [4.78, 5) is 12.2. The predicted molar refractivity (Wildman–Crippen MR) is 81.1 cm³/mol. The van der Waals surface area contributed by atoms with Crippen LogP contribution in [0, 0.1) is 13.8 Å². The molecule has 0 unspecified atom stereocenters. The standard InChI is InChI=1S/C15H17N5O/c1-9-13(10(2)20(3)19-9)7-15(21)17-12-5-4-11-8-16-18-14(11)6-12/h4-6,8H,7H2,1-3H3,(H,16,18)(H,17,21). The Bertz CT molecular complexity index is 815. The van der Waals surface area contributed by atoms with Crippen LogP contribution in [0.4, 0.5) is 5.69 Å². The molecule has 0 fully saturated rings. The first-order valence-electron chi connectivity index (χ1n) is 6.76. The molecule has 0 saturated heterocycles. The highest BCUT2D eigenvalue weighted by Gasteiger charge is 2.13. The molecule has 0 atom stereocenters. The number of amides is 1. The van der Waals surface area contributed by atoms with Gasteiger partial charge in [0.2, 0.25) is 5.91 Å². The van der Waals surface area contributed by atoms with Crippen molar-refractivity contribution >= 4 is 22.5 Å². The van der Waals surface area contributed by atoms with E-state index in [1.165, 1.54) is 0 Å². The zero-order chi connectivity index (χ0) is 15.0. The Morgan fingerprint density at radius 1 is 1.38 bits per heavy atom. The number of nitrogens with one attached hydrogen (secondary N) is 2. The summed E-state index contributed by atoms with van der Waals surface area (Å²) >= 11 is 0. The summed E-state index contributed by atoms with van der Waals surface area (Å²) in [7, 11) is 1.88. The van der Waals surface area contributed by atoms with E-state index in [2.05, 4.69) is 20.6 Å². The van der Waals surface area contributed by atoms with Crippen LogP contribution < -0.4 is 5.32 Å². The number of aromatic nitrogens is 4. The molecule has 3 aromatic rings. The molecule has 2 N–H and O–H groups in total. The third kappa shape index (κ3) is 2.52. The number of fused-ring (bicyclic) bond motifs is 1. The Labute approximate surface area is 122 Å². The minimum Gasteiger partial charge on any atom is -0.326 e. The van der Waals surface area contributed by atoms with Gasteiger partial charge in [0.05, 0.1) is 23.8 Å². The van der Waals surface area contributed by atoms with Gasteiger partial charge in [-0.25, -0.2) is 0 Å². The second kappa shape index (κ2) is 5.05. The number of benzene rings is 1. The number of carbonyl (C=O) groups is 1. The molecular formula is C15H17N5O. The molecular weight excluding hydrogens is 266 g/mol. The highest BCUT2D eigenvalue weighted by molar-refractivity contribution is 5.94. The lowest BCUT2D eigenvalue weighted by atomic mass is 10.1. The van der Waals surface area contributed by atoms with Gasteiger partial charge in [0.25, 0.3) is 0 Å². The zero-order valence-electron chi connectivity index (χ0n) is 12.3. The van der Waals surface area contributed by atoms with Crippen LogP contribution in [0.1, 0.15) is 17.0 Å². The fourth-order valence-corrected chi connectivity index (χ4v) is 2.45. The van der Waals surface area contributed by atoms with Crippen LogP contribution in [0.3, 0.4) is 0 Å². The molecule has 0 aliphatic rings. The molecule has 0 aliphatic heterocycles. The van der Waals surface area contributed by atoms with Gasteiger partial charge in [-0.15, -0.1) is 0 Å². The second-order valence-electron chi connectivity index (χ2n) is 5.17. The van der Waals surface area contributed by atoms with Gasteiger partial charge in [-0.2, -0.15) is 10.2 Å². The van der Waals surface area contributed by atoms with Gasteiger partial charge in [-0.05, 0) is 32.0 Å². The number of rotatable bonds is 3. The molecule has 6 nitrogen and oxygen atoms in total. The number of aryl methyl sites for hydroxylation is 2. The summed E-state index contributed by atoms with van der Waals surface area (Å²) in [6, 6.07) is 5.68. The predicted octanol–water partition coefficient (Wildman–Crippen LogP) is 2.09. The van der Waals surface area contributed by atoms with Crippen LogP contribution in [0.2, 0.25) is 0 Å². The maximum atomic E-state index is 12.2. The topological polar surface area (TPSA) is 75.6 Å². The highest BCUT2D eigenvalue weighted by atomic mass is 16.1. The number of nitrogens with zero attached hydrogens (tertiary/aromatic N) is 3. The number of hydrogen-bond donors (Lipinski definition) is 2. The Balaban J connectivity index is 1.76. The van der Waals surface area contributed by atoms with Crippen molar-refractivity contribution in [2.45, 2.75) is 20.3 Å². The molecule has 1 amide bonds. The lowest BCUT2D eigenvalue weighted by Crippen LogP contribution is -2.15. The monoisotopic (exact) mass is 283 g/mol. The van der Waals surface area contributed by atoms with Crippen molar-refractivity contribution in [3.05, 3.63) is 41.3 Å². The van der Waals surface area contributed by atoms with Crippen molar-refractivity contribution in [2.75, 3.05) is 5.32 Å². The average molecular weight is 283 g/mol. The van der Waals surface area contributed by atoms with Gasteiger partial charge in [0.15, 0.2) is 0 Å². The van der Waals surface area contributed by atoms with Crippen LogP contribution in [0.5, 0.6) is 0 Å². The van der Waals surface area contributed by atoms with Crippen molar-refractivity contribution in [1.82, 2.24) is 20.0 Å². The van der Waals surface area contributed by atoms with Crippen molar-refractivity contribution < 1.29 is 4.79 Å². The molecule has 2 aromatic heterocycles. The summed E-state index contributed by atoms with van der Waals surface area (Å²) in [5.74, 6) is -0.0481. The summed E-state index contributed by atoms with van der Waals surface area (Å²) in [6.07, 6.45) is 2.08. The highest BCUT2D eigenvalue weighted by Crippen LogP contribution is 2.18. The van der Waals surface area contributed by atoms with E-state index in [-0.39, 0.29) is 5.91 Å². The summed E-state index contributed by atoms with van der Waals surface area (Å²) in [5.41, 5.74) is 4.57. The van der Waals surface area contributed by atoms with E-state index in [4.69, 9.17) is 0 Å². The average Bonchev–Trinajstić information content (AvgIpc) is 2.99. The molecule has 2 heterocycles. The molecule has 0 bridgehead atoms. The molecule has 3 rings (SSSR count). The maximum absolute atomic E-state index is 12.2. The molecule has 0 aliphatic carbocycles. The number of aromatic amines is 1. The summed E-state index contributed by atoms with van der Waals surface area (Å²) < 4.78 is 1.80. The Hall–Kier alpha value is -2.63. The van der Waals surface area contributed by atoms with E-state index in [0.717, 1.165) is 33.5 Å². The SMILES string of the molecule is Cc1nn(C)c(C)c1CC(=O)Nc1ccc2cn[nH]c2c1. The first kappa shape index (κ1) is 13.4. The number of hydrogen-bond acceptors (Lipinski definition) is 3. The first-order valence-corrected chi connectivity index (χ1v) is 6.76. The van der Waals surface area contributed by atoms with E-state index in [1.807, 2.05) is 39.1 Å². The van der Waals surface area contributed by atoms with Crippen LogP contribution in [-0.2, 0) is 18.3 Å². The van der Waals surface area contributed by atoms with Gasteiger partial charge < -0.3 is 5.32 Å². The van der Waals surface area contributed by atoms with E-state index in [9.17, 15) is 4.79 Å². The largest absolute Gasteiger partial charge is 0.326 e. The third-order valence-corrected chi connectivity index (χ3v) is 3.72. The quantitative estimate of drug-likeness (QED) is 0.773. The lowest BCUT2D eigenvalue weighted by molar-refractivity contribution is -0.115. The van der Waals surface area contributed by atoms with Gasteiger partial charge >= 0.3 is 0 Å². The molecule has 21 heavy (non-hydrogen) atoms. The van der Waals surface area contributed by atoms with Gasteiger partial charge in [0, 0.05) is 29.4 Å². The van der Waals surface area contributed by atoms with Crippen molar-refractivity contribution in [3.8, 4) is 0 Å². The minimum atomic E-state index is -0.0481. The van der Waals surface area contributed by atoms with Gasteiger partial charge in [0.1, 0.15) is 0 Å². The van der Waals surface area contributed by atoms with Crippen molar-refractivity contribution in [1.29, 1.82) is 0 Å². The Morgan fingerprint density at radius 2 is 2.19 bits per heavy atom. The van der Waals surface area contributed by atoms with Crippen molar-refractivity contribution in [2.24, 2.45) is 7.05 Å². The first-order chi connectivity index (χ1) is 10.0. The van der Waals surface area contributed by atoms with Crippen LogP contribution in [-0.4, -0.2) is 25.9 Å². The zero-order valence-corrected chi connectivity index (χ0v) is 12.3. The molecule has 0 radical (unpaired) electrons. The Morgan fingerprint density at radius 3 is 2.90 bits per heavy atom. The smallest absolute Gasteiger partial charge is 0.228 e.